The summed E-state index contributed by atoms with van der Waals surface area (Å²) in [4.78, 5) is 0. The molecule has 0 radical (unpaired) electrons. The summed E-state index contributed by atoms with van der Waals surface area (Å²) in [7, 11) is 0. The highest BCUT2D eigenvalue weighted by Crippen LogP contribution is 2.28. The maximum absolute atomic E-state index is 4.72. The van der Waals surface area contributed by atoms with E-state index in [-0.39, 0.29) is 0 Å². The van der Waals surface area contributed by atoms with Gasteiger partial charge in [-0.2, -0.15) is 5.10 Å². The van der Waals surface area contributed by atoms with Crippen LogP contribution in [0.1, 0.15) is 57.7 Å². The first kappa shape index (κ1) is 12.2. The van der Waals surface area contributed by atoms with Crippen molar-refractivity contribution in [3.05, 3.63) is 29.5 Å². The summed E-state index contributed by atoms with van der Waals surface area (Å²) in [5, 5.41) is 6.05. The van der Waals surface area contributed by atoms with Gasteiger partial charge in [0.05, 0.1) is 11.2 Å². The monoisotopic (exact) mass is 230 g/mol. The van der Waals surface area contributed by atoms with Gasteiger partial charge < -0.3 is 0 Å². The first-order valence-corrected chi connectivity index (χ1v) is 6.55. The normalized spacial score (nSPS) is 11.9. The standard InChI is InChI=1S/C15H22N2/c1-6-17-14-8-7-12(10(2)3)9-13(14)15(16-17)11(4)5/h7-11H,6H2,1-5H3. The van der Waals surface area contributed by atoms with Crippen molar-refractivity contribution in [1.82, 2.24) is 9.78 Å². The fraction of sp³-hybridized carbons (Fsp3) is 0.533. The molecule has 0 N–H and O–H groups in total. The molecule has 92 valence electrons. The molecule has 2 rings (SSSR count). The maximum atomic E-state index is 4.72. The predicted molar refractivity (Wildman–Crippen MR) is 73.6 cm³/mol. The second-order valence-corrected chi connectivity index (χ2v) is 5.29. The zero-order chi connectivity index (χ0) is 12.6. The second kappa shape index (κ2) is 4.52. The van der Waals surface area contributed by atoms with Gasteiger partial charge in [0.15, 0.2) is 0 Å². The molecule has 1 heterocycles. The van der Waals surface area contributed by atoms with E-state index in [2.05, 4.69) is 57.5 Å². The highest BCUT2D eigenvalue weighted by molar-refractivity contribution is 5.83. The summed E-state index contributed by atoms with van der Waals surface area (Å²) in [6, 6.07) is 6.76. The number of aromatic nitrogens is 2. The smallest absolute Gasteiger partial charge is 0.0728 e. The first-order valence-electron chi connectivity index (χ1n) is 6.55. The predicted octanol–water partition coefficient (Wildman–Crippen LogP) is 4.30. The van der Waals surface area contributed by atoms with Gasteiger partial charge in [0.25, 0.3) is 0 Å². The molecule has 0 fully saturated rings. The quantitative estimate of drug-likeness (QED) is 0.768. The number of aryl methyl sites for hydroxylation is 1. The average molecular weight is 230 g/mol. The van der Waals surface area contributed by atoms with Gasteiger partial charge in [-0.3, -0.25) is 4.68 Å². The Morgan fingerprint density at radius 1 is 1.12 bits per heavy atom. The van der Waals surface area contributed by atoms with Crippen LogP contribution < -0.4 is 0 Å². The van der Waals surface area contributed by atoms with E-state index in [0.717, 1.165) is 6.54 Å². The topological polar surface area (TPSA) is 17.8 Å². The van der Waals surface area contributed by atoms with Gasteiger partial charge in [0.1, 0.15) is 0 Å². The van der Waals surface area contributed by atoms with Crippen LogP contribution in [0.4, 0.5) is 0 Å². The average Bonchev–Trinajstić information content (AvgIpc) is 2.66. The number of fused-ring (bicyclic) bond motifs is 1. The van der Waals surface area contributed by atoms with Crippen LogP contribution in [-0.4, -0.2) is 9.78 Å². The third-order valence-corrected chi connectivity index (χ3v) is 3.32. The van der Waals surface area contributed by atoms with Crippen LogP contribution in [0.25, 0.3) is 10.9 Å². The van der Waals surface area contributed by atoms with Gasteiger partial charge in [0.2, 0.25) is 0 Å². The largest absolute Gasteiger partial charge is 0.265 e. The number of hydrogen-bond donors (Lipinski definition) is 0. The molecule has 1 aromatic heterocycles. The maximum Gasteiger partial charge on any atom is 0.0728 e. The van der Waals surface area contributed by atoms with E-state index in [1.54, 1.807) is 0 Å². The Labute approximate surface area is 104 Å². The fourth-order valence-corrected chi connectivity index (χ4v) is 2.25. The van der Waals surface area contributed by atoms with Crippen LogP contribution in [0, 0.1) is 0 Å². The van der Waals surface area contributed by atoms with Crippen LogP contribution in [-0.2, 0) is 6.54 Å². The molecule has 2 aromatic rings. The SMILES string of the molecule is CCn1nc(C(C)C)c2cc(C(C)C)ccc21. The van der Waals surface area contributed by atoms with Crippen LogP contribution in [0.2, 0.25) is 0 Å². The molecule has 1 aromatic carbocycles. The van der Waals surface area contributed by atoms with Gasteiger partial charge in [0, 0.05) is 11.9 Å². The lowest BCUT2D eigenvalue weighted by atomic mass is 9.99. The molecule has 0 saturated carbocycles. The molecule has 0 atom stereocenters. The molecule has 17 heavy (non-hydrogen) atoms. The zero-order valence-electron chi connectivity index (χ0n) is 11.5. The first-order chi connectivity index (χ1) is 8.04. The van der Waals surface area contributed by atoms with Crippen LogP contribution in [0.15, 0.2) is 18.2 Å². The zero-order valence-corrected chi connectivity index (χ0v) is 11.5. The van der Waals surface area contributed by atoms with E-state index in [0.29, 0.717) is 11.8 Å². The van der Waals surface area contributed by atoms with Crippen molar-refractivity contribution in [1.29, 1.82) is 0 Å². The van der Waals surface area contributed by atoms with Gasteiger partial charge >= 0.3 is 0 Å². The minimum atomic E-state index is 0.479. The fourth-order valence-electron chi connectivity index (χ4n) is 2.25. The highest BCUT2D eigenvalue weighted by Gasteiger charge is 2.13. The van der Waals surface area contributed by atoms with E-state index in [1.165, 1.54) is 22.2 Å². The third kappa shape index (κ3) is 2.08. The summed E-state index contributed by atoms with van der Waals surface area (Å²) in [6.45, 7) is 12.0. The van der Waals surface area contributed by atoms with Crippen molar-refractivity contribution < 1.29 is 0 Å². The number of nitrogens with zero attached hydrogens (tertiary/aromatic N) is 2. The van der Waals surface area contributed by atoms with Crippen LogP contribution in [0.3, 0.4) is 0 Å². The molecule has 0 saturated heterocycles. The molecule has 2 heteroatoms. The molecule has 2 nitrogen and oxygen atoms in total. The summed E-state index contributed by atoms with van der Waals surface area (Å²) in [5.74, 6) is 1.05. The highest BCUT2D eigenvalue weighted by atomic mass is 15.3. The number of rotatable bonds is 3. The number of hydrogen-bond acceptors (Lipinski definition) is 1. The van der Waals surface area contributed by atoms with Gasteiger partial charge in [-0.1, -0.05) is 33.8 Å². The van der Waals surface area contributed by atoms with Crippen LogP contribution in [0.5, 0.6) is 0 Å². The summed E-state index contributed by atoms with van der Waals surface area (Å²) < 4.78 is 2.11. The molecule has 0 aliphatic rings. The second-order valence-electron chi connectivity index (χ2n) is 5.29. The van der Waals surface area contributed by atoms with Crippen molar-refractivity contribution in [3.63, 3.8) is 0 Å². The molecule has 0 bridgehead atoms. The third-order valence-electron chi connectivity index (χ3n) is 3.32. The molecule has 0 spiro atoms. The Bertz CT molecular complexity index is 521. The van der Waals surface area contributed by atoms with Crippen molar-refractivity contribution in [2.24, 2.45) is 0 Å². The van der Waals surface area contributed by atoms with Gasteiger partial charge in [-0.25, -0.2) is 0 Å². The summed E-state index contributed by atoms with van der Waals surface area (Å²) in [5.41, 5.74) is 3.89. The molecule has 0 aliphatic carbocycles. The Morgan fingerprint density at radius 2 is 1.82 bits per heavy atom. The van der Waals surface area contributed by atoms with E-state index in [9.17, 15) is 0 Å². The van der Waals surface area contributed by atoms with Crippen molar-refractivity contribution in [2.45, 2.75) is 53.0 Å². The lowest BCUT2D eigenvalue weighted by molar-refractivity contribution is 0.654. The Balaban J connectivity index is 2.69. The number of benzene rings is 1. The lowest BCUT2D eigenvalue weighted by Crippen LogP contribution is -1.97. The summed E-state index contributed by atoms with van der Waals surface area (Å²) >= 11 is 0. The minimum Gasteiger partial charge on any atom is -0.265 e. The Hall–Kier alpha value is -1.31. The molecule has 0 aliphatic heterocycles. The van der Waals surface area contributed by atoms with Gasteiger partial charge in [-0.15, -0.1) is 0 Å². The van der Waals surface area contributed by atoms with E-state index in [4.69, 9.17) is 5.10 Å². The summed E-state index contributed by atoms with van der Waals surface area (Å²) in [6.07, 6.45) is 0. The van der Waals surface area contributed by atoms with Gasteiger partial charge in [-0.05, 0) is 36.5 Å². The Kier molecular flexibility index (Phi) is 3.23. The van der Waals surface area contributed by atoms with E-state index in [1.807, 2.05) is 0 Å². The Morgan fingerprint density at radius 3 is 2.35 bits per heavy atom. The van der Waals surface area contributed by atoms with Crippen molar-refractivity contribution in [2.75, 3.05) is 0 Å². The van der Waals surface area contributed by atoms with Crippen molar-refractivity contribution in [3.8, 4) is 0 Å². The van der Waals surface area contributed by atoms with Crippen molar-refractivity contribution >= 4 is 10.9 Å². The minimum absolute atomic E-state index is 0.479. The molecular weight excluding hydrogens is 208 g/mol. The molecule has 0 amide bonds. The lowest BCUT2D eigenvalue weighted by Gasteiger charge is -2.06. The molecular formula is C15H22N2. The van der Waals surface area contributed by atoms with E-state index >= 15 is 0 Å². The van der Waals surface area contributed by atoms with E-state index < -0.39 is 0 Å². The molecule has 0 unspecified atom stereocenters. The van der Waals surface area contributed by atoms with Crippen LogP contribution >= 0.6 is 0 Å².